The summed E-state index contributed by atoms with van der Waals surface area (Å²) in [5.41, 5.74) is 0.108. The molecule has 1 atom stereocenters. The minimum Gasteiger partial charge on any atom is -0.307 e. The monoisotopic (exact) mass is 225 g/mol. The summed E-state index contributed by atoms with van der Waals surface area (Å²) in [6, 6.07) is 2.64. The van der Waals surface area contributed by atoms with Gasteiger partial charge in [0.25, 0.3) is 0 Å². The van der Waals surface area contributed by atoms with Crippen LogP contribution in [-0.2, 0) is 0 Å². The Morgan fingerprint density at radius 2 is 1.88 bits per heavy atom. The van der Waals surface area contributed by atoms with Crippen LogP contribution in [0.1, 0.15) is 29.6 Å². The number of carbonyl (C=O) groups excluding carboxylic acids is 1. The molecule has 0 radical (unpaired) electrons. The second kappa shape index (κ2) is 4.70. The number of ketones is 1. The Bertz CT molecular complexity index is 380. The number of benzene rings is 1. The first-order valence-electron chi connectivity index (χ1n) is 5.40. The Hall–Kier alpha value is -1.29. The molecule has 16 heavy (non-hydrogen) atoms. The predicted octanol–water partition coefficient (Wildman–Crippen LogP) is 2.29. The van der Waals surface area contributed by atoms with Crippen molar-refractivity contribution in [2.24, 2.45) is 0 Å². The smallest absolute Gasteiger partial charge is 0.179 e. The van der Waals surface area contributed by atoms with Crippen molar-refractivity contribution in [2.45, 2.75) is 25.3 Å². The SMILES string of the molecule is O=C(c1cc(F)cc(F)c1)C1CCCCN1. The fraction of sp³-hybridized carbons (Fsp3) is 0.417. The minimum absolute atomic E-state index is 0.108. The van der Waals surface area contributed by atoms with E-state index in [1.54, 1.807) is 0 Å². The maximum absolute atomic E-state index is 12.9. The molecule has 1 N–H and O–H groups in total. The minimum atomic E-state index is -0.709. The van der Waals surface area contributed by atoms with E-state index in [2.05, 4.69) is 5.32 Å². The number of Topliss-reactive ketones (excluding diaryl/α,β-unsaturated/α-hetero) is 1. The van der Waals surface area contributed by atoms with Crippen molar-refractivity contribution in [1.82, 2.24) is 5.32 Å². The van der Waals surface area contributed by atoms with E-state index in [-0.39, 0.29) is 17.4 Å². The van der Waals surface area contributed by atoms with Crippen molar-refractivity contribution in [3.8, 4) is 0 Å². The van der Waals surface area contributed by atoms with E-state index in [4.69, 9.17) is 0 Å². The first-order valence-corrected chi connectivity index (χ1v) is 5.40. The molecule has 0 bridgehead atoms. The third-order valence-corrected chi connectivity index (χ3v) is 2.77. The molecule has 86 valence electrons. The van der Waals surface area contributed by atoms with E-state index in [0.717, 1.165) is 44.0 Å². The van der Waals surface area contributed by atoms with Crippen molar-refractivity contribution < 1.29 is 13.6 Å². The molecule has 0 amide bonds. The van der Waals surface area contributed by atoms with Gasteiger partial charge in [-0.05, 0) is 31.5 Å². The molecule has 2 nitrogen and oxygen atoms in total. The molecule has 1 aromatic rings. The van der Waals surface area contributed by atoms with E-state index >= 15 is 0 Å². The van der Waals surface area contributed by atoms with E-state index in [1.807, 2.05) is 0 Å². The van der Waals surface area contributed by atoms with Crippen LogP contribution in [0.2, 0.25) is 0 Å². The Kier molecular flexibility index (Phi) is 3.29. The molecule has 1 saturated heterocycles. The van der Waals surface area contributed by atoms with Crippen LogP contribution in [0.15, 0.2) is 18.2 Å². The number of nitrogens with one attached hydrogen (secondary N) is 1. The molecule has 0 spiro atoms. The van der Waals surface area contributed by atoms with Crippen LogP contribution in [0.4, 0.5) is 8.78 Å². The molecular formula is C12H13F2NO. The van der Waals surface area contributed by atoms with Gasteiger partial charge in [-0.25, -0.2) is 8.78 Å². The molecule has 1 fully saturated rings. The maximum atomic E-state index is 12.9. The van der Waals surface area contributed by atoms with Crippen molar-refractivity contribution in [3.63, 3.8) is 0 Å². The molecule has 0 aliphatic carbocycles. The fourth-order valence-corrected chi connectivity index (χ4v) is 1.97. The van der Waals surface area contributed by atoms with Gasteiger partial charge in [0, 0.05) is 11.6 Å². The number of halogens is 2. The van der Waals surface area contributed by atoms with Gasteiger partial charge in [0.1, 0.15) is 11.6 Å². The number of hydrogen-bond acceptors (Lipinski definition) is 2. The first-order chi connectivity index (χ1) is 7.66. The molecular weight excluding hydrogens is 212 g/mol. The Balaban J connectivity index is 2.19. The summed E-state index contributed by atoms with van der Waals surface area (Å²) in [5.74, 6) is -1.64. The molecule has 1 aliphatic heterocycles. The standard InChI is InChI=1S/C12H13F2NO/c13-9-5-8(6-10(14)7-9)12(16)11-3-1-2-4-15-11/h5-7,11,15H,1-4H2. The average molecular weight is 225 g/mol. The Morgan fingerprint density at radius 1 is 1.19 bits per heavy atom. The highest BCUT2D eigenvalue weighted by atomic mass is 19.1. The second-order valence-corrected chi connectivity index (χ2v) is 4.02. The highest BCUT2D eigenvalue weighted by Gasteiger charge is 2.22. The molecule has 1 unspecified atom stereocenters. The van der Waals surface area contributed by atoms with Gasteiger partial charge in [-0.2, -0.15) is 0 Å². The van der Waals surface area contributed by atoms with Crippen LogP contribution in [0.3, 0.4) is 0 Å². The van der Waals surface area contributed by atoms with E-state index in [9.17, 15) is 13.6 Å². The third kappa shape index (κ3) is 2.44. The molecule has 4 heteroatoms. The lowest BCUT2D eigenvalue weighted by atomic mass is 9.96. The zero-order valence-corrected chi connectivity index (χ0v) is 8.80. The summed E-state index contributed by atoms with van der Waals surface area (Å²) in [6.07, 6.45) is 2.75. The second-order valence-electron chi connectivity index (χ2n) is 4.02. The maximum Gasteiger partial charge on any atom is 0.179 e. The van der Waals surface area contributed by atoms with Crippen molar-refractivity contribution in [1.29, 1.82) is 0 Å². The highest BCUT2D eigenvalue weighted by Crippen LogP contribution is 2.15. The normalized spacial score (nSPS) is 20.8. The highest BCUT2D eigenvalue weighted by molar-refractivity contribution is 6.00. The van der Waals surface area contributed by atoms with Gasteiger partial charge in [0.2, 0.25) is 0 Å². The lowest BCUT2D eigenvalue weighted by Gasteiger charge is -2.22. The van der Waals surface area contributed by atoms with Crippen LogP contribution < -0.4 is 5.32 Å². The summed E-state index contributed by atoms with van der Waals surface area (Å²) in [6.45, 7) is 0.786. The van der Waals surface area contributed by atoms with Gasteiger partial charge < -0.3 is 5.32 Å². The summed E-state index contributed by atoms with van der Waals surface area (Å²) in [7, 11) is 0. The topological polar surface area (TPSA) is 29.1 Å². The summed E-state index contributed by atoms with van der Waals surface area (Å²) in [5, 5.41) is 3.06. The largest absolute Gasteiger partial charge is 0.307 e. The lowest BCUT2D eigenvalue weighted by Crippen LogP contribution is -2.40. The molecule has 0 aromatic heterocycles. The first kappa shape index (κ1) is 11.2. The van der Waals surface area contributed by atoms with Crippen LogP contribution in [0.5, 0.6) is 0 Å². The molecule has 1 aromatic carbocycles. The van der Waals surface area contributed by atoms with E-state index in [0.29, 0.717) is 0 Å². The number of hydrogen-bond donors (Lipinski definition) is 1. The van der Waals surface area contributed by atoms with Crippen molar-refractivity contribution in [3.05, 3.63) is 35.4 Å². The van der Waals surface area contributed by atoms with E-state index < -0.39 is 11.6 Å². The quantitative estimate of drug-likeness (QED) is 0.782. The van der Waals surface area contributed by atoms with Gasteiger partial charge in [0.15, 0.2) is 5.78 Å². The van der Waals surface area contributed by atoms with Crippen LogP contribution in [0.25, 0.3) is 0 Å². The summed E-state index contributed by atoms with van der Waals surface area (Å²) in [4.78, 5) is 11.9. The molecule has 1 heterocycles. The van der Waals surface area contributed by atoms with Gasteiger partial charge in [-0.15, -0.1) is 0 Å². The fourth-order valence-electron chi connectivity index (χ4n) is 1.97. The number of carbonyl (C=O) groups is 1. The predicted molar refractivity (Wildman–Crippen MR) is 56.3 cm³/mol. The summed E-state index contributed by atoms with van der Waals surface area (Å²) >= 11 is 0. The van der Waals surface area contributed by atoms with E-state index in [1.165, 1.54) is 0 Å². The Morgan fingerprint density at radius 3 is 2.44 bits per heavy atom. The van der Waals surface area contributed by atoms with Crippen LogP contribution in [0, 0.1) is 11.6 Å². The number of rotatable bonds is 2. The van der Waals surface area contributed by atoms with Crippen molar-refractivity contribution in [2.75, 3.05) is 6.54 Å². The molecule has 0 saturated carbocycles. The Labute approximate surface area is 92.7 Å². The molecule has 1 aliphatic rings. The van der Waals surface area contributed by atoms with Gasteiger partial charge in [-0.1, -0.05) is 6.42 Å². The average Bonchev–Trinajstić information content (AvgIpc) is 2.28. The zero-order valence-electron chi connectivity index (χ0n) is 8.80. The van der Waals surface area contributed by atoms with Gasteiger partial charge in [-0.3, -0.25) is 4.79 Å². The summed E-state index contributed by atoms with van der Waals surface area (Å²) < 4.78 is 25.9. The number of piperidine rings is 1. The molecule has 2 rings (SSSR count). The van der Waals surface area contributed by atoms with Crippen LogP contribution in [-0.4, -0.2) is 18.4 Å². The lowest BCUT2D eigenvalue weighted by molar-refractivity contribution is 0.0926. The van der Waals surface area contributed by atoms with Crippen molar-refractivity contribution >= 4 is 5.78 Å². The van der Waals surface area contributed by atoms with Gasteiger partial charge >= 0.3 is 0 Å². The van der Waals surface area contributed by atoms with Gasteiger partial charge in [0.05, 0.1) is 6.04 Å². The third-order valence-electron chi connectivity index (χ3n) is 2.77. The zero-order chi connectivity index (χ0) is 11.5. The van der Waals surface area contributed by atoms with Crippen LogP contribution >= 0.6 is 0 Å².